The standard InChI is InChI=1S/C14H16FN3O/c1-9-3-4-11(15)5-10(9)6-12(16)13-7-14(19-2)18-8-17-13/h3-5,7-8,12H,6,16H2,1-2H3. The maximum atomic E-state index is 13.2. The van der Waals surface area contributed by atoms with E-state index in [-0.39, 0.29) is 11.9 Å². The lowest BCUT2D eigenvalue weighted by Gasteiger charge is -2.13. The number of hydrogen-bond acceptors (Lipinski definition) is 4. The van der Waals surface area contributed by atoms with Gasteiger partial charge in [0.1, 0.15) is 12.1 Å². The molecule has 4 nitrogen and oxygen atoms in total. The highest BCUT2D eigenvalue weighted by molar-refractivity contribution is 5.29. The Morgan fingerprint density at radius 1 is 1.32 bits per heavy atom. The number of aromatic nitrogens is 2. The predicted octanol–water partition coefficient (Wildman–Crippen LogP) is 2.18. The Morgan fingerprint density at radius 3 is 2.84 bits per heavy atom. The Kier molecular flexibility index (Phi) is 4.06. The molecule has 2 rings (SSSR count). The number of nitrogens with two attached hydrogens (primary N) is 1. The van der Waals surface area contributed by atoms with Gasteiger partial charge in [-0.1, -0.05) is 6.07 Å². The van der Waals surface area contributed by atoms with Crippen molar-refractivity contribution in [2.45, 2.75) is 19.4 Å². The lowest BCUT2D eigenvalue weighted by molar-refractivity contribution is 0.395. The summed E-state index contributed by atoms with van der Waals surface area (Å²) in [6.07, 6.45) is 1.93. The number of methoxy groups -OCH3 is 1. The molecule has 1 aromatic carbocycles. The van der Waals surface area contributed by atoms with Crippen molar-refractivity contribution in [3.63, 3.8) is 0 Å². The highest BCUT2D eigenvalue weighted by Crippen LogP contribution is 2.19. The number of aryl methyl sites for hydroxylation is 1. The molecule has 2 aromatic rings. The summed E-state index contributed by atoms with van der Waals surface area (Å²) in [5, 5.41) is 0. The molecule has 1 heterocycles. The van der Waals surface area contributed by atoms with E-state index < -0.39 is 0 Å². The number of hydrogen-bond donors (Lipinski definition) is 1. The molecule has 5 heteroatoms. The van der Waals surface area contributed by atoms with Gasteiger partial charge in [-0.2, -0.15) is 0 Å². The van der Waals surface area contributed by atoms with Crippen LogP contribution < -0.4 is 10.5 Å². The van der Waals surface area contributed by atoms with Gasteiger partial charge >= 0.3 is 0 Å². The van der Waals surface area contributed by atoms with Gasteiger partial charge in [0.2, 0.25) is 5.88 Å². The highest BCUT2D eigenvalue weighted by Gasteiger charge is 2.12. The minimum Gasteiger partial charge on any atom is -0.481 e. The van der Waals surface area contributed by atoms with Gasteiger partial charge in [-0.25, -0.2) is 14.4 Å². The van der Waals surface area contributed by atoms with Crippen LogP contribution in [-0.2, 0) is 6.42 Å². The summed E-state index contributed by atoms with van der Waals surface area (Å²) in [6.45, 7) is 1.93. The van der Waals surface area contributed by atoms with E-state index in [2.05, 4.69) is 9.97 Å². The van der Waals surface area contributed by atoms with Crippen molar-refractivity contribution in [1.82, 2.24) is 9.97 Å². The van der Waals surface area contributed by atoms with Crippen molar-refractivity contribution in [2.75, 3.05) is 7.11 Å². The summed E-state index contributed by atoms with van der Waals surface area (Å²) in [7, 11) is 1.54. The molecule has 0 spiro atoms. The highest BCUT2D eigenvalue weighted by atomic mass is 19.1. The molecule has 0 saturated heterocycles. The second kappa shape index (κ2) is 5.75. The van der Waals surface area contributed by atoms with Crippen LogP contribution in [0.3, 0.4) is 0 Å². The van der Waals surface area contributed by atoms with Crippen LogP contribution in [0.25, 0.3) is 0 Å². The molecule has 19 heavy (non-hydrogen) atoms. The van der Waals surface area contributed by atoms with Gasteiger partial charge in [0.25, 0.3) is 0 Å². The number of nitrogens with zero attached hydrogens (tertiary/aromatic N) is 2. The smallest absolute Gasteiger partial charge is 0.216 e. The number of halogens is 1. The first kappa shape index (κ1) is 13.4. The molecule has 1 aromatic heterocycles. The van der Waals surface area contributed by atoms with Gasteiger partial charge in [0.05, 0.1) is 18.8 Å². The second-order valence-corrected chi connectivity index (χ2v) is 4.37. The second-order valence-electron chi connectivity index (χ2n) is 4.37. The van der Waals surface area contributed by atoms with Crippen molar-refractivity contribution in [3.8, 4) is 5.88 Å². The first-order valence-corrected chi connectivity index (χ1v) is 5.96. The average molecular weight is 261 g/mol. The molecule has 0 aliphatic heterocycles. The third-order valence-corrected chi connectivity index (χ3v) is 3.00. The van der Waals surface area contributed by atoms with E-state index in [1.54, 1.807) is 12.1 Å². The van der Waals surface area contributed by atoms with Gasteiger partial charge in [-0.15, -0.1) is 0 Å². The van der Waals surface area contributed by atoms with E-state index >= 15 is 0 Å². The van der Waals surface area contributed by atoms with Crippen LogP contribution in [0, 0.1) is 12.7 Å². The molecule has 2 N–H and O–H groups in total. The van der Waals surface area contributed by atoms with Gasteiger partial charge < -0.3 is 10.5 Å². The average Bonchev–Trinajstić information content (AvgIpc) is 2.43. The Morgan fingerprint density at radius 2 is 2.11 bits per heavy atom. The van der Waals surface area contributed by atoms with Crippen molar-refractivity contribution >= 4 is 0 Å². The van der Waals surface area contributed by atoms with Gasteiger partial charge in [0, 0.05) is 6.07 Å². The number of rotatable bonds is 4. The molecule has 0 aliphatic rings. The first-order chi connectivity index (χ1) is 9.10. The lowest BCUT2D eigenvalue weighted by Crippen LogP contribution is -2.16. The quantitative estimate of drug-likeness (QED) is 0.916. The molecular weight excluding hydrogens is 245 g/mol. The van der Waals surface area contributed by atoms with Gasteiger partial charge in [-0.05, 0) is 36.6 Å². The Balaban J connectivity index is 2.20. The van der Waals surface area contributed by atoms with E-state index in [1.807, 2.05) is 6.92 Å². The van der Waals surface area contributed by atoms with Crippen LogP contribution in [0.5, 0.6) is 5.88 Å². The van der Waals surface area contributed by atoms with Crippen LogP contribution >= 0.6 is 0 Å². The maximum Gasteiger partial charge on any atom is 0.216 e. The normalized spacial score (nSPS) is 12.2. The van der Waals surface area contributed by atoms with E-state index in [0.29, 0.717) is 18.0 Å². The molecule has 100 valence electrons. The maximum absolute atomic E-state index is 13.2. The van der Waals surface area contributed by atoms with Crippen molar-refractivity contribution in [1.29, 1.82) is 0 Å². The monoisotopic (exact) mass is 261 g/mol. The molecular formula is C14H16FN3O. The van der Waals surface area contributed by atoms with Crippen molar-refractivity contribution < 1.29 is 9.13 Å². The zero-order valence-corrected chi connectivity index (χ0v) is 10.9. The molecule has 1 unspecified atom stereocenters. The van der Waals surface area contributed by atoms with Gasteiger partial charge in [0.15, 0.2) is 0 Å². The van der Waals surface area contributed by atoms with Crippen LogP contribution in [0.4, 0.5) is 4.39 Å². The van der Waals surface area contributed by atoms with E-state index in [9.17, 15) is 4.39 Å². The first-order valence-electron chi connectivity index (χ1n) is 5.96. The van der Waals surface area contributed by atoms with Crippen LogP contribution in [-0.4, -0.2) is 17.1 Å². The Labute approximate surface area is 111 Å². The van der Waals surface area contributed by atoms with Crippen LogP contribution in [0.15, 0.2) is 30.6 Å². The summed E-state index contributed by atoms with van der Waals surface area (Å²) in [6, 6.07) is 6.07. The third-order valence-electron chi connectivity index (χ3n) is 3.00. The Bertz CT molecular complexity index is 574. The summed E-state index contributed by atoms with van der Waals surface area (Å²) in [4.78, 5) is 8.06. The van der Waals surface area contributed by atoms with Crippen molar-refractivity contribution in [3.05, 3.63) is 53.2 Å². The molecule has 1 atom stereocenters. The van der Waals surface area contributed by atoms with E-state index in [0.717, 1.165) is 11.1 Å². The molecule has 0 bridgehead atoms. The fraction of sp³-hybridized carbons (Fsp3) is 0.286. The Hall–Kier alpha value is -2.01. The summed E-state index contributed by atoms with van der Waals surface area (Å²) < 4.78 is 18.3. The topological polar surface area (TPSA) is 61.0 Å². The van der Waals surface area contributed by atoms with E-state index in [4.69, 9.17) is 10.5 Å². The minimum absolute atomic E-state index is 0.256. The number of ether oxygens (including phenoxy) is 1. The minimum atomic E-state index is -0.322. The zero-order chi connectivity index (χ0) is 13.8. The summed E-state index contributed by atoms with van der Waals surface area (Å²) >= 11 is 0. The fourth-order valence-electron chi connectivity index (χ4n) is 1.87. The molecule has 0 radical (unpaired) electrons. The van der Waals surface area contributed by atoms with Crippen molar-refractivity contribution in [2.24, 2.45) is 5.73 Å². The zero-order valence-electron chi connectivity index (χ0n) is 10.9. The molecule has 0 fully saturated rings. The van der Waals surface area contributed by atoms with Crippen LogP contribution in [0.1, 0.15) is 22.9 Å². The predicted molar refractivity (Wildman–Crippen MR) is 70.4 cm³/mol. The van der Waals surface area contributed by atoms with Gasteiger partial charge in [-0.3, -0.25) is 0 Å². The summed E-state index contributed by atoms with van der Waals surface area (Å²) in [5.74, 6) is 0.212. The lowest BCUT2D eigenvalue weighted by atomic mass is 9.99. The fourth-order valence-corrected chi connectivity index (χ4v) is 1.87. The SMILES string of the molecule is COc1cc(C(N)Cc2cc(F)ccc2C)ncn1. The largest absolute Gasteiger partial charge is 0.481 e. The number of benzene rings is 1. The van der Waals surface area contributed by atoms with Crippen LogP contribution in [0.2, 0.25) is 0 Å². The molecule has 0 amide bonds. The van der Waals surface area contributed by atoms with E-state index in [1.165, 1.54) is 25.6 Å². The molecule has 0 saturated carbocycles. The third kappa shape index (κ3) is 3.26. The molecule has 0 aliphatic carbocycles. The summed E-state index contributed by atoms with van der Waals surface area (Å²) in [5.41, 5.74) is 8.67.